The number of amides is 1. The molecule has 1 saturated heterocycles. The van der Waals surface area contributed by atoms with Crippen LogP contribution in [0.4, 0.5) is 5.95 Å². The normalized spacial score (nSPS) is 14.6. The number of anilines is 1. The predicted molar refractivity (Wildman–Crippen MR) is 105 cm³/mol. The van der Waals surface area contributed by atoms with E-state index in [4.69, 9.17) is 0 Å². The molecule has 1 aromatic carbocycles. The van der Waals surface area contributed by atoms with Gasteiger partial charge in [0, 0.05) is 36.6 Å². The van der Waals surface area contributed by atoms with Crippen molar-refractivity contribution in [2.75, 3.05) is 18.4 Å². The molecule has 0 saturated carbocycles. The number of hydrogen-bond acceptors (Lipinski definition) is 5. The Morgan fingerprint density at radius 1 is 1.22 bits per heavy atom. The molecule has 0 spiro atoms. The maximum Gasteiger partial charge on any atom is 0.258 e. The molecule has 4 rings (SSSR count). The molecule has 3 heterocycles. The molecule has 1 fully saturated rings. The molecule has 1 aliphatic rings. The average molecular weight is 388 g/mol. The van der Waals surface area contributed by atoms with Gasteiger partial charge in [-0.1, -0.05) is 0 Å². The fourth-order valence-electron chi connectivity index (χ4n) is 3.14. The molecule has 9 heteroatoms. The van der Waals surface area contributed by atoms with Crippen LogP contribution < -0.4 is 10.6 Å². The van der Waals surface area contributed by atoms with Gasteiger partial charge in [0.15, 0.2) is 5.82 Å². The van der Waals surface area contributed by atoms with Crippen LogP contribution in [-0.4, -0.2) is 43.3 Å². The van der Waals surface area contributed by atoms with Crippen molar-refractivity contribution in [3.8, 4) is 5.69 Å². The summed E-state index contributed by atoms with van der Waals surface area (Å²) in [5.74, 6) is 1.43. The maximum atomic E-state index is 12.5. The number of benzene rings is 1. The second kappa shape index (κ2) is 8.32. The van der Waals surface area contributed by atoms with Crippen molar-refractivity contribution in [3.05, 3.63) is 54.4 Å². The van der Waals surface area contributed by atoms with E-state index in [2.05, 4.69) is 25.7 Å². The van der Waals surface area contributed by atoms with Crippen LogP contribution in [-0.2, 0) is 7.05 Å². The van der Waals surface area contributed by atoms with Gasteiger partial charge in [-0.05, 0) is 50.2 Å². The van der Waals surface area contributed by atoms with Crippen LogP contribution in [0.15, 0.2) is 43.0 Å². The van der Waals surface area contributed by atoms with E-state index in [1.165, 1.54) is 0 Å². The molecule has 8 nitrogen and oxygen atoms in total. The van der Waals surface area contributed by atoms with E-state index in [-0.39, 0.29) is 18.3 Å². The molecule has 2 aromatic heterocycles. The van der Waals surface area contributed by atoms with Gasteiger partial charge < -0.3 is 9.88 Å². The molecule has 1 aliphatic heterocycles. The Morgan fingerprint density at radius 3 is 2.63 bits per heavy atom. The fourth-order valence-corrected chi connectivity index (χ4v) is 3.14. The van der Waals surface area contributed by atoms with Crippen LogP contribution in [0.1, 0.15) is 34.9 Å². The van der Waals surface area contributed by atoms with Crippen molar-refractivity contribution in [2.24, 2.45) is 7.05 Å². The number of rotatable bonds is 4. The highest BCUT2D eigenvalue weighted by Gasteiger charge is 2.21. The lowest BCUT2D eigenvalue weighted by atomic mass is 9.98. The number of hydrogen-bond donors (Lipinski definition) is 2. The molecule has 0 atom stereocenters. The van der Waals surface area contributed by atoms with Crippen molar-refractivity contribution < 1.29 is 4.79 Å². The highest BCUT2D eigenvalue weighted by molar-refractivity contribution is 6.03. The van der Waals surface area contributed by atoms with Crippen LogP contribution in [0.25, 0.3) is 5.69 Å². The van der Waals surface area contributed by atoms with Crippen LogP contribution in [0.2, 0.25) is 0 Å². The Labute approximate surface area is 163 Å². The maximum absolute atomic E-state index is 12.5. The van der Waals surface area contributed by atoms with Crippen molar-refractivity contribution >= 4 is 24.3 Å². The van der Waals surface area contributed by atoms with E-state index in [1.54, 1.807) is 36.4 Å². The first kappa shape index (κ1) is 19.1. The smallest absolute Gasteiger partial charge is 0.258 e. The van der Waals surface area contributed by atoms with Crippen LogP contribution in [0.5, 0.6) is 0 Å². The molecular weight excluding hydrogens is 366 g/mol. The minimum Gasteiger partial charge on any atom is -0.317 e. The van der Waals surface area contributed by atoms with Gasteiger partial charge in [0.2, 0.25) is 5.95 Å². The summed E-state index contributed by atoms with van der Waals surface area (Å²) < 4.78 is 3.52. The number of aromatic nitrogens is 5. The van der Waals surface area contributed by atoms with E-state index in [1.807, 2.05) is 22.9 Å². The van der Waals surface area contributed by atoms with Crippen LogP contribution >= 0.6 is 12.4 Å². The summed E-state index contributed by atoms with van der Waals surface area (Å²) in [4.78, 5) is 21.1. The van der Waals surface area contributed by atoms with Gasteiger partial charge in [-0.3, -0.25) is 10.1 Å². The zero-order chi connectivity index (χ0) is 17.9. The van der Waals surface area contributed by atoms with E-state index < -0.39 is 0 Å². The average Bonchev–Trinajstić information content (AvgIpc) is 3.33. The third-order valence-electron chi connectivity index (χ3n) is 4.64. The molecule has 27 heavy (non-hydrogen) atoms. The van der Waals surface area contributed by atoms with Crippen molar-refractivity contribution in [3.63, 3.8) is 0 Å². The number of piperidine rings is 1. The number of carbonyl (C=O) groups is 1. The van der Waals surface area contributed by atoms with E-state index in [0.717, 1.165) is 37.4 Å². The highest BCUT2D eigenvalue weighted by Crippen LogP contribution is 2.23. The summed E-state index contributed by atoms with van der Waals surface area (Å²) in [6, 6.07) is 7.34. The summed E-state index contributed by atoms with van der Waals surface area (Å²) in [6.07, 6.45) is 7.34. The minimum atomic E-state index is -0.199. The van der Waals surface area contributed by atoms with Gasteiger partial charge in [-0.2, -0.15) is 10.1 Å². The summed E-state index contributed by atoms with van der Waals surface area (Å²) in [5.41, 5.74) is 1.52. The molecule has 0 bridgehead atoms. The fraction of sp³-hybridized carbons (Fsp3) is 0.333. The molecule has 2 N–H and O–H groups in total. The molecule has 1 amide bonds. The largest absolute Gasteiger partial charge is 0.317 e. The lowest BCUT2D eigenvalue weighted by Crippen LogP contribution is -2.27. The van der Waals surface area contributed by atoms with Gasteiger partial charge in [-0.15, -0.1) is 12.4 Å². The molecule has 3 aromatic rings. The first-order chi connectivity index (χ1) is 12.7. The van der Waals surface area contributed by atoms with Gasteiger partial charge in [0.05, 0.1) is 6.33 Å². The molecule has 0 unspecified atom stereocenters. The van der Waals surface area contributed by atoms with E-state index >= 15 is 0 Å². The Bertz CT molecular complexity index is 883. The van der Waals surface area contributed by atoms with E-state index in [0.29, 0.717) is 17.4 Å². The number of nitrogens with zero attached hydrogens (tertiary/aromatic N) is 5. The molecule has 142 valence electrons. The van der Waals surface area contributed by atoms with Gasteiger partial charge in [0.1, 0.15) is 0 Å². The van der Waals surface area contributed by atoms with Crippen LogP contribution in [0, 0.1) is 0 Å². The second-order valence-electron chi connectivity index (χ2n) is 6.41. The van der Waals surface area contributed by atoms with Gasteiger partial charge >= 0.3 is 0 Å². The number of imidazole rings is 1. The van der Waals surface area contributed by atoms with E-state index in [9.17, 15) is 4.79 Å². The number of aryl methyl sites for hydroxylation is 1. The molecule has 0 aliphatic carbocycles. The first-order valence-electron chi connectivity index (χ1n) is 8.72. The lowest BCUT2D eigenvalue weighted by Gasteiger charge is -2.19. The lowest BCUT2D eigenvalue weighted by molar-refractivity contribution is 0.102. The van der Waals surface area contributed by atoms with Gasteiger partial charge in [-0.25, -0.2) is 9.67 Å². The number of nitrogens with one attached hydrogen (secondary N) is 2. The zero-order valence-corrected chi connectivity index (χ0v) is 15.8. The summed E-state index contributed by atoms with van der Waals surface area (Å²) in [7, 11) is 1.80. The quantitative estimate of drug-likeness (QED) is 0.715. The highest BCUT2D eigenvalue weighted by atomic mass is 35.5. The monoisotopic (exact) mass is 387 g/mol. The SMILES string of the molecule is Cl.Cn1nc(C2CCNCC2)nc1NC(=O)c1ccc(-n2ccnc2)cc1. The Morgan fingerprint density at radius 2 is 1.96 bits per heavy atom. The van der Waals surface area contributed by atoms with Crippen molar-refractivity contribution in [1.29, 1.82) is 0 Å². The molecule has 0 radical (unpaired) electrons. The Hall–Kier alpha value is -2.71. The van der Waals surface area contributed by atoms with Crippen molar-refractivity contribution in [1.82, 2.24) is 29.6 Å². The first-order valence-corrected chi connectivity index (χ1v) is 8.72. The summed E-state index contributed by atoms with van der Waals surface area (Å²) >= 11 is 0. The molecular formula is C18H22ClN7O. The standard InChI is InChI=1S/C18H21N7O.ClH/c1-24-18(21-16(23-24)13-6-8-19-9-7-13)22-17(26)14-2-4-15(5-3-14)25-11-10-20-12-25;/h2-5,10-13,19H,6-9H2,1H3,(H,21,22,23,26);1H. The summed E-state index contributed by atoms with van der Waals surface area (Å²) in [5, 5.41) is 10.7. The van der Waals surface area contributed by atoms with Crippen LogP contribution in [0.3, 0.4) is 0 Å². The predicted octanol–water partition coefficient (Wildman–Crippen LogP) is 2.14. The third-order valence-corrected chi connectivity index (χ3v) is 4.64. The van der Waals surface area contributed by atoms with Gasteiger partial charge in [0.25, 0.3) is 5.91 Å². The number of halogens is 1. The zero-order valence-electron chi connectivity index (χ0n) is 15.0. The Kier molecular flexibility index (Phi) is 5.88. The topological polar surface area (TPSA) is 89.7 Å². The number of carbonyl (C=O) groups excluding carboxylic acids is 1. The third kappa shape index (κ3) is 4.17. The Balaban J connectivity index is 0.00000210. The van der Waals surface area contributed by atoms with Crippen molar-refractivity contribution in [2.45, 2.75) is 18.8 Å². The summed E-state index contributed by atoms with van der Waals surface area (Å²) in [6.45, 7) is 1.96. The second-order valence-corrected chi connectivity index (χ2v) is 6.41. The minimum absolute atomic E-state index is 0.